The highest BCUT2D eigenvalue weighted by atomic mass is 32.1. The summed E-state index contributed by atoms with van der Waals surface area (Å²) in [7, 11) is 0. The summed E-state index contributed by atoms with van der Waals surface area (Å²) in [6, 6.07) is 8.11. The van der Waals surface area contributed by atoms with E-state index in [0.717, 1.165) is 23.7 Å². The molecule has 1 aromatic heterocycles. The maximum atomic E-state index is 12.3. The Morgan fingerprint density at radius 2 is 2.17 bits per heavy atom. The zero-order valence-corrected chi connectivity index (χ0v) is 13.5. The molecule has 3 heterocycles. The van der Waals surface area contributed by atoms with E-state index in [1.165, 1.54) is 16.0 Å². The molecule has 5 nitrogen and oxygen atoms in total. The molecule has 6 heteroatoms. The standard InChI is InChI=1S/C17H18N2O3S/c20-17(14-7-11-3-1-2-4-12(11)9-22-14)18-8-16-19-13-5-6-21-10-15(13)23-16/h1-4,14H,5-10H2,(H,18,20). The third-order valence-corrected chi connectivity index (χ3v) is 5.28. The van der Waals surface area contributed by atoms with Crippen LogP contribution in [0.1, 0.15) is 26.7 Å². The van der Waals surface area contributed by atoms with Crippen molar-refractivity contribution < 1.29 is 14.3 Å². The van der Waals surface area contributed by atoms with Crippen molar-refractivity contribution in [1.29, 1.82) is 0 Å². The average Bonchev–Trinajstić information content (AvgIpc) is 3.02. The molecule has 0 saturated heterocycles. The van der Waals surface area contributed by atoms with Gasteiger partial charge in [0.05, 0.1) is 36.9 Å². The Morgan fingerprint density at radius 1 is 1.30 bits per heavy atom. The predicted octanol–water partition coefficient (Wildman–Crippen LogP) is 1.97. The van der Waals surface area contributed by atoms with Gasteiger partial charge in [-0.15, -0.1) is 11.3 Å². The molecular weight excluding hydrogens is 312 g/mol. The van der Waals surface area contributed by atoms with E-state index in [9.17, 15) is 4.79 Å². The minimum absolute atomic E-state index is 0.0658. The molecule has 1 unspecified atom stereocenters. The molecule has 1 aromatic carbocycles. The molecule has 0 fully saturated rings. The first-order valence-electron chi connectivity index (χ1n) is 7.81. The summed E-state index contributed by atoms with van der Waals surface area (Å²) in [6.45, 7) is 2.33. The van der Waals surface area contributed by atoms with Gasteiger partial charge < -0.3 is 14.8 Å². The SMILES string of the molecule is O=C(NCc1nc2c(s1)COCC2)C1Cc2ccccc2CO1. The number of benzene rings is 1. The van der Waals surface area contributed by atoms with E-state index >= 15 is 0 Å². The van der Waals surface area contributed by atoms with Crippen LogP contribution in [0.4, 0.5) is 0 Å². The minimum atomic E-state index is -0.414. The molecule has 2 aromatic rings. The summed E-state index contributed by atoms with van der Waals surface area (Å²) in [5, 5.41) is 3.89. The van der Waals surface area contributed by atoms with Crippen LogP contribution in [0.3, 0.4) is 0 Å². The number of carbonyl (C=O) groups is 1. The van der Waals surface area contributed by atoms with E-state index in [2.05, 4.69) is 16.4 Å². The fraction of sp³-hybridized carbons (Fsp3) is 0.412. The number of ether oxygens (including phenoxy) is 2. The molecule has 2 aliphatic heterocycles. The Balaban J connectivity index is 1.36. The van der Waals surface area contributed by atoms with Gasteiger partial charge >= 0.3 is 0 Å². The van der Waals surface area contributed by atoms with Crippen LogP contribution >= 0.6 is 11.3 Å². The summed E-state index contributed by atoms with van der Waals surface area (Å²) >= 11 is 1.62. The average molecular weight is 330 g/mol. The normalized spacial score (nSPS) is 19.7. The number of fused-ring (bicyclic) bond motifs is 2. The molecule has 0 spiro atoms. The van der Waals surface area contributed by atoms with Gasteiger partial charge in [-0.3, -0.25) is 4.79 Å². The van der Waals surface area contributed by atoms with Gasteiger partial charge in [-0.1, -0.05) is 24.3 Å². The molecule has 1 N–H and O–H groups in total. The lowest BCUT2D eigenvalue weighted by Gasteiger charge is -2.24. The van der Waals surface area contributed by atoms with Crippen LogP contribution in [0, 0.1) is 0 Å². The maximum Gasteiger partial charge on any atom is 0.249 e. The first kappa shape index (κ1) is 14.8. The van der Waals surface area contributed by atoms with Crippen LogP contribution < -0.4 is 5.32 Å². The summed E-state index contributed by atoms with van der Waals surface area (Å²) in [6.07, 6.45) is 1.08. The van der Waals surface area contributed by atoms with Gasteiger partial charge in [-0.25, -0.2) is 4.98 Å². The largest absolute Gasteiger partial charge is 0.375 e. The van der Waals surface area contributed by atoms with Gasteiger partial charge in [0.1, 0.15) is 11.1 Å². The van der Waals surface area contributed by atoms with Gasteiger partial charge in [0.25, 0.3) is 0 Å². The van der Waals surface area contributed by atoms with Gasteiger partial charge in [0.15, 0.2) is 0 Å². The molecule has 120 valence electrons. The molecule has 0 saturated carbocycles. The highest BCUT2D eigenvalue weighted by Gasteiger charge is 2.25. The Kier molecular flexibility index (Phi) is 4.11. The zero-order chi connectivity index (χ0) is 15.6. The number of hydrogen-bond donors (Lipinski definition) is 1. The second-order valence-electron chi connectivity index (χ2n) is 5.77. The van der Waals surface area contributed by atoms with Crippen LogP contribution in [0.5, 0.6) is 0 Å². The molecule has 0 radical (unpaired) electrons. The Labute approximate surface area is 138 Å². The van der Waals surface area contributed by atoms with E-state index in [-0.39, 0.29) is 5.91 Å². The minimum Gasteiger partial charge on any atom is -0.375 e. The van der Waals surface area contributed by atoms with Crippen molar-refractivity contribution in [2.24, 2.45) is 0 Å². The molecule has 0 aliphatic carbocycles. The van der Waals surface area contributed by atoms with Crippen molar-refractivity contribution in [1.82, 2.24) is 10.3 Å². The summed E-state index contributed by atoms with van der Waals surface area (Å²) in [5.41, 5.74) is 3.48. The van der Waals surface area contributed by atoms with E-state index in [1.54, 1.807) is 11.3 Å². The van der Waals surface area contributed by atoms with Gasteiger partial charge in [0, 0.05) is 12.8 Å². The van der Waals surface area contributed by atoms with Crippen molar-refractivity contribution in [2.45, 2.75) is 38.7 Å². The number of amides is 1. The zero-order valence-electron chi connectivity index (χ0n) is 12.7. The van der Waals surface area contributed by atoms with E-state index < -0.39 is 6.10 Å². The number of thiazole rings is 1. The van der Waals surface area contributed by atoms with Crippen LogP contribution in [0.25, 0.3) is 0 Å². The number of nitrogens with zero attached hydrogens (tertiary/aromatic N) is 1. The van der Waals surface area contributed by atoms with Crippen molar-refractivity contribution in [3.8, 4) is 0 Å². The first-order chi connectivity index (χ1) is 11.3. The van der Waals surface area contributed by atoms with Crippen LogP contribution in [-0.4, -0.2) is 23.6 Å². The van der Waals surface area contributed by atoms with E-state index in [1.807, 2.05) is 18.2 Å². The lowest BCUT2D eigenvalue weighted by Crippen LogP contribution is -2.39. The monoisotopic (exact) mass is 330 g/mol. The molecule has 1 atom stereocenters. The number of hydrogen-bond acceptors (Lipinski definition) is 5. The Morgan fingerprint density at radius 3 is 3.04 bits per heavy atom. The Bertz CT molecular complexity index is 705. The lowest BCUT2D eigenvalue weighted by molar-refractivity contribution is -0.134. The number of nitrogens with one attached hydrogen (secondary N) is 1. The molecule has 4 rings (SSSR count). The second-order valence-corrected chi connectivity index (χ2v) is 6.94. The molecule has 1 amide bonds. The number of carbonyl (C=O) groups excluding carboxylic acids is 1. The topological polar surface area (TPSA) is 60.5 Å². The smallest absolute Gasteiger partial charge is 0.249 e. The molecule has 2 aliphatic rings. The first-order valence-corrected chi connectivity index (χ1v) is 8.62. The summed E-state index contributed by atoms with van der Waals surface area (Å²) in [5.74, 6) is -0.0658. The summed E-state index contributed by atoms with van der Waals surface area (Å²) < 4.78 is 11.1. The lowest BCUT2D eigenvalue weighted by atomic mass is 9.99. The third kappa shape index (κ3) is 3.15. The number of rotatable bonds is 3. The Hall–Kier alpha value is -1.76. The van der Waals surface area contributed by atoms with Gasteiger partial charge in [-0.2, -0.15) is 0 Å². The van der Waals surface area contributed by atoms with Gasteiger partial charge in [0.2, 0.25) is 5.91 Å². The quantitative estimate of drug-likeness (QED) is 0.935. The van der Waals surface area contributed by atoms with Crippen molar-refractivity contribution >= 4 is 17.2 Å². The highest BCUT2D eigenvalue weighted by Crippen LogP contribution is 2.24. The van der Waals surface area contributed by atoms with Crippen LogP contribution in [0.2, 0.25) is 0 Å². The summed E-state index contributed by atoms with van der Waals surface area (Å²) in [4.78, 5) is 18.1. The van der Waals surface area contributed by atoms with Gasteiger partial charge in [-0.05, 0) is 11.1 Å². The molecular formula is C17H18N2O3S. The van der Waals surface area contributed by atoms with E-state index in [0.29, 0.717) is 26.2 Å². The second kappa shape index (κ2) is 6.39. The van der Waals surface area contributed by atoms with Crippen LogP contribution in [0.15, 0.2) is 24.3 Å². The highest BCUT2D eigenvalue weighted by molar-refractivity contribution is 7.11. The van der Waals surface area contributed by atoms with E-state index in [4.69, 9.17) is 9.47 Å². The van der Waals surface area contributed by atoms with Crippen molar-refractivity contribution in [3.63, 3.8) is 0 Å². The van der Waals surface area contributed by atoms with Crippen LogP contribution in [-0.2, 0) is 46.9 Å². The fourth-order valence-corrected chi connectivity index (χ4v) is 3.94. The maximum absolute atomic E-state index is 12.3. The molecule has 23 heavy (non-hydrogen) atoms. The predicted molar refractivity (Wildman–Crippen MR) is 86.0 cm³/mol. The molecule has 0 bridgehead atoms. The van der Waals surface area contributed by atoms with Crippen molar-refractivity contribution in [3.05, 3.63) is 51.0 Å². The third-order valence-electron chi connectivity index (χ3n) is 4.21. The number of aromatic nitrogens is 1. The fourth-order valence-electron chi connectivity index (χ4n) is 2.95. The van der Waals surface area contributed by atoms with Crippen molar-refractivity contribution in [2.75, 3.05) is 6.61 Å².